The zero-order chi connectivity index (χ0) is 17.2. The first kappa shape index (κ1) is 18.5. The van der Waals surface area contributed by atoms with Crippen LogP contribution in [0.2, 0.25) is 0 Å². The summed E-state index contributed by atoms with van der Waals surface area (Å²) < 4.78 is 0. The third-order valence-electron chi connectivity index (χ3n) is 4.55. The lowest BCUT2D eigenvalue weighted by Crippen LogP contribution is -2.46. The van der Waals surface area contributed by atoms with E-state index in [-0.39, 0.29) is 17.9 Å². The average Bonchev–Trinajstić information content (AvgIpc) is 2.89. The van der Waals surface area contributed by atoms with Crippen LogP contribution in [-0.4, -0.2) is 42.4 Å². The van der Waals surface area contributed by atoms with Crippen LogP contribution < -0.4 is 10.6 Å². The molecule has 1 aliphatic rings. The summed E-state index contributed by atoms with van der Waals surface area (Å²) in [5.74, 6) is -0.0191. The van der Waals surface area contributed by atoms with Gasteiger partial charge < -0.3 is 10.6 Å². The molecule has 24 heavy (non-hydrogen) atoms. The smallest absolute Gasteiger partial charge is 0.237 e. The molecule has 1 aromatic rings. The van der Waals surface area contributed by atoms with Crippen LogP contribution >= 0.6 is 0 Å². The summed E-state index contributed by atoms with van der Waals surface area (Å²) in [6.07, 6.45) is 5.16. The number of nitrogens with zero attached hydrogens (tertiary/aromatic N) is 1. The van der Waals surface area contributed by atoms with E-state index in [9.17, 15) is 9.59 Å². The molecule has 1 heterocycles. The topological polar surface area (TPSA) is 61.4 Å². The molecule has 2 rings (SSSR count). The van der Waals surface area contributed by atoms with Crippen LogP contribution in [0.3, 0.4) is 0 Å². The first-order chi connectivity index (χ1) is 11.7. The molecule has 0 radical (unpaired) electrons. The van der Waals surface area contributed by atoms with Gasteiger partial charge in [-0.05, 0) is 38.4 Å². The fourth-order valence-electron chi connectivity index (χ4n) is 2.98. The number of hydrogen-bond donors (Lipinski definition) is 2. The lowest BCUT2D eigenvalue weighted by atomic mass is 10.2. The van der Waals surface area contributed by atoms with Gasteiger partial charge in [-0.25, -0.2) is 0 Å². The van der Waals surface area contributed by atoms with Gasteiger partial charge in [0.15, 0.2) is 0 Å². The molecule has 1 aliphatic heterocycles. The molecule has 132 valence electrons. The molecule has 1 saturated heterocycles. The van der Waals surface area contributed by atoms with E-state index >= 15 is 0 Å². The van der Waals surface area contributed by atoms with Crippen molar-refractivity contribution in [3.05, 3.63) is 35.9 Å². The van der Waals surface area contributed by atoms with E-state index in [1.807, 2.05) is 37.3 Å². The Morgan fingerprint density at radius 2 is 1.71 bits per heavy atom. The first-order valence-corrected chi connectivity index (χ1v) is 8.99. The minimum Gasteiger partial charge on any atom is -0.354 e. The molecule has 1 unspecified atom stereocenters. The average molecular weight is 331 g/mol. The second-order valence-electron chi connectivity index (χ2n) is 6.43. The minimum absolute atomic E-state index is 0.0211. The Labute approximate surface area is 144 Å². The van der Waals surface area contributed by atoms with Gasteiger partial charge >= 0.3 is 0 Å². The van der Waals surface area contributed by atoms with Crippen molar-refractivity contribution in [1.82, 2.24) is 15.5 Å². The first-order valence-electron chi connectivity index (χ1n) is 8.99. The summed E-state index contributed by atoms with van der Waals surface area (Å²) in [6, 6.07) is 9.69. The van der Waals surface area contributed by atoms with Crippen LogP contribution in [0.4, 0.5) is 0 Å². The summed E-state index contributed by atoms with van der Waals surface area (Å²) in [7, 11) is 0. The number of rotatable bonds is 7. The van der Waals surface area contributed by atoms with Crippen molar-refractivity contribution in [2.24, 2.45) is 0 Å². The van der Waals surface area contributed by atoms with E-state index in [1.54, 1.807) is 0 Å². The van der Waals surface area contributed by atoms with E-state index in [1.165, 1.54) is 25.7 Å². The van der Waals surface area contributed by atoms with Crippen LogP contribution in [0, 0.1) is 0 Å². The molecule has 1 atom stereocenters. The monoisotopic (exact) mass is 331 g/mol. The molecule has 2 N–H and O–H groups in total. The molecule has 5 heteroatoms. The fraction of sp³-hybridized carbons (Fsp3) is 0.579. The quantitative estimate of drug-likeness (QED) is 0.804. The maximum absolute atomic E-state index is 12.2. The van der Waals surface area contributed by atoms with Gasteiger partial charge in [-0.3, -0.25) is 14.5 Å². The van der Waals surface area contributed by atoms with Crippen LogP contribution in [0.1, 0.15) is 44.6 Å². The standard InChI is InChI=1S/C19H29N3O2/c1-16(22-13-7-2-3-8-14-22)19(24)20-12-11-18(23)21-15-17-9-5-4-6-10-17/h4-6,9-10,16H,2-3,7-8,11-15H2,1H3,(H,20,24)(H,21,23). The van der Waals surface area contributed by atoms with Gasteiger partial charge in [0, 0.05) is 19.5 Å². The fourth-order valence-corrected chi connectivity index (χ4v) is 2.98. The Hall–Kier alpha value is -1.88. The Kier molecular flexibility index (Phi) is 7.75. The summed E-state index contributed by atoms with van der Waals surface area (Å²) in [5.41, 5.74) is 1.07. The molecule has 1 fully saturated rings. The number of carbonyl (C=O) groups is 2. The Bertz CT molecular complexity index is 511. The molecule has 0 bridgehead atoms. The third kappa shape index (κ3) is 6.32. The van der Waals surface area contributed by atoms with Crippen molar-refractivity contribution in [2.75, 3.05) is 19.6 Å². The van der Waals surface area contributed by atoms with E-state index in [2.05, 4.69) is 15.5 Å². The zero-order valence-electron chi connectivity index (χ0n) is 14.6. The van der Waals surface area contributed by atoms with E-state index in [4.69, 9.17) is 0 Å². The highest BCUT2D eigenvalue weighted by molar-refractivity contribution is 5.82. The van der Waals surface area contributed by atoms with Gasteiger partial charge in [0.05, 0.1) is 6.04 Å². The molecular weight excluding hydrogens is 302 g/mol. The predicted octanol–water partition coefficient (Wildman–Crippen LogP) is 2.07. The molecule has 1 aromatic carbocycles. The number of nitrogens with one attached hydrogen (secondary N) is 2. The van der Waals surface area contributed by atoms with Crippen LogP contribution in [0.5, 0.6) is 0 Å². The number of likely N-dealkylation sites (tertiary alicyclic amines) is 1. The third-order valence-corrected chi connectivity index (χ3v) is 4.55. The lowest BCUT2D eigenvalue weighted by molar-refractivity contribution is -0.126. The minimum atomic E-state index is -0.115. The summed E-state index contributed by atoms with van der Waals surface area (Å²) in [5, 5.41) is 5.76. The number of carbonyl (C=O) groups excluding carboxylic acids is 2. The lowest BCUT2D eigenvalue weighted by Gasteiger charge is -2.26. The predicted molar refractivity (Wildman–Crippen MR) is 95.4 cm³/mol. The van der Waals surface area contributed by atoms with Crippen molar-refractivity contribution >= 4 is 11.8 Å². The van der Waals surface area contributed by atoms with Crippen LogP contribution in [0.25, 0.3) is 0 Å². The summed E-state index contributed by atoms with van der Waals surface area (Å²) in [4.78, 5) is 26.3. The van der Waals surface area contributed by atoms with Crippen molar-refractivity contribution in [1.29, 1.82) is 0 Å². The van der Waals surface area contributed by atoms with Gasteiger partial charge in [0.2, 0.25) is 11.8 Å². The SMILES string of the molecule is CC(C(=O)NCCC(=O)NCc1ccccc1)N1CCCCCC1. The Morgan fingerprint density at radius 3 is 2.38 bits per heavy atom. The van der Waals surface area contributed by atoms with Gasteiger partial charge in [-0.15, -0.1) is 0 Å². The zero-order valence-corrected chi connectivity index (χ0v) is 14.6. The molecular formula is C19H29N3O2. The number of hydrogen-bond acceptors (Lipinski definition) is 3. The normalized spacial score (nSPS) is 16.9. The molecule has 2 amide bonds. The summed E-state index contributed by atoms with van der Waals surface area (Å²) >= 11 is 0. The number of benzene rings is 1. The maximum Gasteiger partial charge on any atom is 0.237 e. The largest absolute Gasteiger partial charge is 0.354 e. The second kappa shape index (κ2) is 10.1. The highest BCUT2D eigenvalue weighted by Gasteiger charge is 2.21. The van der Waals surface area contributed by atoms with Crippen molar-refractivity contribution in [2.45, 2.75) is 51.6 Å². The summed E-state index contributed by atoms with van der Waals surface area (Å²) in [6.45, 7) is 4.85. The maximum atomic E-state index is 12.2. The van der Waals surface area contributed by atoms with Gasteiger partial charge in [-0.2, -0.15) is 0 Å². The molecule has 0 aliphatic carbocycles. The van der Waals surface area contributed by atoms with E-state index in [0.717, 1.165) is 18.7 Å². The van der Waals surface area contributed by atoms with Crippen molar-refractivity contribution in [3.63, 3.8) is 0 Å². The second-order valence-corrected chi connectivity index (χ2v) is 6.43. The van der Waals surface area contributed by atoms with Crippen LogP contribution in [0.15, 0.2) is 30.3 Å². The molecule has 0 aromatic heterocycles. The van der Waals surface area contributed by atoms with Crippen LogP contribution in [-0.2, 0) is 16.1 Å². The van der Waals surface area contributed by atoms with Gasteiger partial charge in [0.1, 0.15) is 0 Å². The van der Waals surface area contributed by atoms with E-state index < -0.39 is 0 Å². The molecule has 0 spiro atoms. The van der Waals surface area contributed by atoms with Crippen molar-refractivity contribution in [3.8, 4) is 0 Å². The Morgan fingerprint density at radius 1 is 1.04 bits per heavy atom. The highest BCUT2D eigenvalue weighted by Crippen LogP contribution is 2.12. The highest BCUT2D eigenvalue weighted by atomic mass is 16.2. The van der Waals surface area contributed by atoms with Gasteiger partial charge in [-0.1, -0.05) is 43.2 Å². The Balaban J connectivity index is 1.63. The van der Waals surface area contributed by atoms with Gasteiger partial charge in [0.25, 0.3) is 0 Å². The molecule has 5 nitrogen and oxygen atoms in total. The number of amides is 2. The molecule has 0 saturated carbocycles. The van der Waals surface area contributed by atoms with E-state index in [0.29, 0.717) is 19.5 Å². The van der Waals surface area contributed by atoms with Crippen molar-refractivity contribution < 1.29 is 9.59 Å².